The monoisotopic (exact) mass is 384 g/mol. The van der Waals surface area contributed by atoms with Crippen LogP contribution in [-0.2, 0) is 9.53 Å². The molecule has 1 atom stereocenters. The lowest BCUT2D eigenvalue weighted by molar-refractivity contribution is -0.129. The van der Waals surface area contributed by atoms with Crippen molar-refractivity contribution in [1.29, 1.82) is 0 Å². The third kappa shape index (κ3) is 4.26. The SMILES string of the molecule is COc1cccc(OC)c1C(=O)NCC1CN(c2cccc(C)c2)C(=O)CO1. The molecule has 2 aromatic carbocycles. The molecule has 0 radical (unpaired) electrons. The van der Waals surface area contributed by atoms with Crippen molar-refractivity contribution in [2.75, 3.05) is 38.8 Å². The number of nitrogens with zero attached hydrogens (tertiary/aromatic N) is 1. The standard InChI is InChI=1S/C21H24N2O5/c1-14-6-4-7-15(10-14)23-12-16(28-13-19(23)24)11-22-21(25)20-17(26-2)8-5-9-18(20)27-3/h4-10,16H,11-13H2,1-3H3,(H,22,25). The molecule has 2 aromatic rings. The van der Waals surface area contributed by atoms with E-state index in [2.05, 4.69) is 5.32 Å². The number of rotatable bonds is 6. The molecule has 28 heavy (non-hydrogen) atoms. The van der Waals surface area contributed by atoms with Gasteiger partial charge in [-0.25, -0.2) is 0 Å². The van der Waals surface area contributed by atoms with E-state index in [1.54, 1.807) is 23.1 Å². The average Bonchev–Trinajstić information content (AvgIpc) is 2.72. The van der Waals surface area contributed by atoms with Gasteiger partial charge in [0, 0.05) is 12.2 Å². The molecule has 1 aliphatic heterocycles. The summed E-state index contributed by atoms with van der Waals surface area (Å²) in [6, 6.07) is 12.9. The fourth-order valence-corrected chi connectivity index (χ4v) is 3.16. The van der Waals surface area contributed by atoms with Gasteiger partial charge in [0.2, 0.25) is 0 Å². The summed E-state index contributed by atoms with van der Waals surface area (Å²) in [6.45, 7) is 2.58. The average molecular weight is 384 g/mol. The number of anilines is 1. The highest BCUT2D eigenvalue weighted by Crippen LogP contribution is 2.28. The number of methoxy groups -OCH3 is 2. The lowest BCUT2D eigenvalue weighted by Crippen LogP contribution is -2.50. The second-order valence-corrected chi connectivity index (χ2v) is 6.52. The van der Waals surface area contributed by atoms with Crippen molar-refractivity contribution < 1.29 is 23.8 Å². The van der Waals surface area contributed by atoms with Crippen LogP contribution < -0.4 is 19.7 Å². The van der Waals surface area contributed by atoms with Gasteiger partial charge in [-0.1, -0.05) is 18.2 Å². The Kier molecular flexibility index (Phi) is 6.16. The molecule has 2 amide bonds. The van der Waals surface area contributed by atoms with Crippen molar-refractivity contribution in [3.63, 3.8) is 0 Å². The molecule has 1 saturated heterocycles. The first kappa shape index (κ1) is 19.7. The van der Waals surface area contributed by atoms with Gasteiger partial charge in [-0.15, -0.1) is 0 Å². The lowest BCUT2D eigenvalue weighted by atomic mass is 10.1. The summed E-state index contributed by atoms with van der Waals surface area (Å²) in [7, 11) is 3.00. The highest BCUT2D eigenvalue weighted by Gasteiger charge is 2.28. The van der Waals surface area contributed by atoms with E-state index >= 15 is 0 Å². The molecule has 0 aliphatic carbocycles. The lowest BCUT2D eigenvalue weighted by Gasteiger charge is -2.33. The van der Waals surface area contributed by atoms with Gasteiger partial charge in [0.05, 0.1) is 26.9 Å². The van der Waals surface area contributed by atoms with Gasteiger partial charge in [0.15, 0.2) is 0 Å². The number of carbonyl (C=O) groups excluding carboxylic acids is 2. The molecule has 1 N–H and O–H groups in total. The summed E-state index contributed by atoms with van der Waals surface area (Å²) in [5.74, 6) is 0.437. The summed E-state index contributed by atoms with van der Waals surface area (Å²) < 4.78 is 16.2. The fourth-order valence-electron chi connectivity index (χ4n) is 3.16. The molecule has 1 unspecified atom stereocenters. The van der Waals surface area contributed by atoms with Crippen LogP contribution in [0.15, 0.2) is 42.5 Å². The van der Waals surface area contributed by atoms with E-state index < -0.39 is 0 Å². The van der Waals surface area contributed by atoms with Gasteiger partial charge in [0.1, 0.15) is 23.7 Å². The second-order valence-electron chi connectivity index (χ2n) is 6.52. The van der Waals surface area contributed by atoms with Crippen molar-refractivity contribution in [2.45, 2.75) is 13.0 Å². The third-order valence-corrected chi connectivity index (χ3v) is 4.59. The first-order chi connectivity index (χ1) is 13.5. The van der Waals surface area contributed by atoms with Crippen molar-refractivity contribution in [3.8, 4) is 11.5 Å². The number of hydrogen-bond acceptors (Lipinski definition) is 5. The van der Waals surface area contributed by atoms with Crippen molar-refractivity contribution in [2.24, 2.45) is 0 Å². The minimum Gasteiger partial charge on any atom is -0.496 e. The van der Waals surface area contributed by atoms with Crippen LogP contribution in [0.4, 0.5) is 5.69 Å². The summed E-state index contributed by atoms with van der Waals surface area (Å²) in [5.41, 5.74) is 2.23. The number of ether oxygens (including phenoxy) is 3. The number of aryl methyl sites for hydroxylation is 1. The summed E-state index contributed by atoms with van der Waals surface area (Å²) >= 11 is 0. The zero-order valence-electron chi connectivity index (χ0n) is 16.2. The first-order valence-corrected chi connectivity index (χ1v) is 9.01. The van der Waals surface area contributed by atoms with Crippen LogP contribution in [0.5, 0.6) is 11.5 Å². The molecule has 0 saturated carbocycles. The quantitative estimate of drug-likeness (QED) is 0.826. The number of hydrogen-bond donors (Lipinski definition) is 1. The first-order valence-electron chi connectivity index (χ1n) is 9.01. The van der Waals surface area contributed by atoms with Gasteiger partial charge >= 0.3 is 0 Å². The molecule has 7 nitrogen and oxygen atoms in total. The predicted octanol–water partition coefficient (Wildman–Crippen LogP) is 2.17. The van der Waals surface area contributed by atoms with E-state index in [1.165, 1.54) is 14.2 Å². The number of amides is 2. The smallest absolute Gasteiger partial charge is 0.258 e. The van der Waals surface area contributed by atoms with Crippen molar-refractivity contribution in [3.05, 3.63) is 53.6 Å². The largest absolute Gasteiger partial charge is 0.496 e. The van der Waals surface area contributed by atoms with E-state index in [-0.39, 0.29) is 31.1 Å². The molecule has 1 aliphatic rings. The normalized spacial score (nSPS) is 16.6. The van der Waals surface area contributed by atoms with Gasteiger partial charge in [-0.3, -0.25) is 9.59 Å². The fraction of sp³-hybridized carbons (Fsp3) is 0.333. The highest BCUT2D eigenvalue weighted by atomic mass is 16.5. The van der Waals surface area contributed by atoms with E-state index in [1.807, 2.05) is 31.2 Å². The maximum absolute atomic E-state index is 12.7. The molecular weight excluding hydrogens is 360 g/mol. The van der Waals surface area contributed by atoms with Crippen LogP contribution in [-0.4, -0.2) is 51.8 Å². The molecule has 3 rings (SSSR count). The summed E-state index contributed by atoms with van der Waals surface area (Å²) in [5, 5.41) is 2.85. The van der Waals surface area contributed by atoms with Gasteiger partial charge in [-0.05, 0) is 36.8 Å². The van der Waals surface area contributed by atoms with Gasteiger partial charge < -0.3 is 24.4 Å². The Morgan fingerprint density at radius 1 is 1.18 bits per heavy atom. The molecule has 0 spiro atoms. The van der Waals surface area contributed by atoms with Crippen LogP contribution in [0, 0.1) is 6.92 Å². The molecule has 1 fully saturated rings. The van der Waals surface area contributed by atoms with E-state index in [9.17, 15) is 9.59 Å². The van der Waals surface area contributed by atoms with E-state index in [0.717, 1.165) is 11.3 Å². The Morgan fingerprint density at radius 3 is 2.50 bits per heavy atom. The molecule has 7 heteroatoms. The Labute approximate surface area is 164 Å². The molecule has 148 valence electrons. The Hall–Kier alpha value is -3.06. The maximum Gasteiger partial charge on any atom is 0.258 e. The van der Waals surface area contributed by atoms with Gasteiger partial charge in [-0.2, -0.15) is 0 Å². The van der Waals surface area contributed by atoms with Crippen LogP contribution in [0.25, 0.3) is 0 Å². The highest BCUT2D eigenvalue weighted by molar-refractivity contribution is 6.00. The minimum absolute atomic E-state index is 0.0214. The summed E-state index contributed by atoms with van der Waals surface area (Å²) in [6.07, 6.45) is -0.317. The van der Waals surface area contributed by atoms with Gasteiger partial charge in [0.25, 0.3) is 11.8 Å². The molecule has 0 bridgehead atoms. The number of benzene rings is 2. The topological polar surface area (TPSA) is 77.1 Å². The Bertz CT molecular complexity index is 845. The number of morpholine rings is 1. The zero-order valence-corrected chi connectivity index (χ0v) is 16.2. The maximum atomic E-state index is 12.7. The van der Waals surface area contributed by atoms with Crippen LogP contribution in [0.2, 0.25) is 0 Å². The molecular formula is C21H24N2O5. The number of carbonyl (C=O) groups is 2. The van der Waals surface area contributed by atoms with Crippen LogP contribution >= 0.6 is 0 Å². The zero-order chi connectivity index (χ0) is 20.1. The van der Waals surface area contributed by atoms with Crippen molar-refractivity contribution >= 4 is 17.5 Å². The Balaban J connectivity index is 1.68. The van der Waals surface area contributed by atoms with Crippen LogP contribution in [0.1, 0.15) is 15.9 Å². The minimum atomic E-state index is -0.322. The van der Waals surface area contributed by atoms with Crippen molar-refractivity contribution in [1.82, 2.24) is 5.32 Å². The molecule has 0 aromatic heterocycles. The molecule has 1 heterocycles. The second kappa shape index (κ2) is 8.75. The Morgan fingerprint density at radius 2 is 1.86 bits per heavy atom. The number of nitrogens with one attached hydrogen (secondary N) is 1. The third-order valence-electron chi connectivity index (χ3n) is 4.59. The van der Waals surface area contributed by atoms with Crippen LogP contribution in [0.3, 0.4) is 0 Å². The van der Waals surface area contributed by atoms with E-state index in [4.69, 9.17) is 14.2 Å². The van der Waals surface area contributed by atoms with E-state index in [0.29, 0.717) is 23.6 Å². The summed E-state index contributed by atoms with van der Waals surface area (Å²) in [4.78, 5) is 26.7. The predicted molar refractivity (Wildman–Crippen MR) is 105 cm³/mol.